The van der Waals surface area contributed by atoms with Crippen LogP contribution in [0.4, 0.5) is 10.5 Å². The molecule has 3 aromatic rings. The molecule has 156 valence electrons. The van der Waals surface area contributed by atoms with Gasteiger partial charge < -0.3 is 10.6 Å². The molecule has 1 aliphatic heterocycles. The van der Waals surface area contributed by atoms with Gasteiger partial charge >= 0.3 is 6.03 Å². The van der Waals surface area contributed by atoms with Crippen molar-refractivity contribution in [3.63, 3.8) is 0 Å². The highest BCUT2D eigenvalue weighted by Gasteiger charge is 2.49. The summed E-state index contributed by atoms with van der Waals surface area (Å²) in [5.41, 5.74) is 2.73. The summed E-state index contributed by atoms with van der Waals surface area (Å²) in [6.45, 7) is 1.35. The number of hydrogen-bond donors (Lipinski definition) is 2. The van der Waals surface area contributed by atoms with Crippen molar-refractivity contribution in [3.05, 3.63) is 77.4 Å². The maximum Gasteiger partial charge on any atom is 0.325 e. The molecule has 0 spiro atoms. The van der Waals surface area contributed by atoms with E-state index >= 15 is 0 Å². The van der Waals surface area contributed by atoms with Crippen LogP contribution >= 0.6 is 0 Å². The minimum absolute atomic E-state index is 0.328. The summed E-state index contributed by atoms with van der Waals surface area (Å²) >= 11 is 0. The number of carbonyl (C=O) groups excluding carboxylic acids is 3. The topological polar surface area (TPSA) is 78.5 Å². The number of benzene rings is 3. The first-order chi connectivity index (χ1) is 14.9. The predicted octanol–water partition coefficient (Wildman–Crippen LogP) is 3.73. The highest BCUT2D eigenvalue weighted by Crippen LogP contribution is 2.31. The number of urea groups is 1. The molecule has 1 saturated heterocycles. The smallest absolute Gasteiger partial charge is 0.325 e. The lowest BCUT2D eigenvalue weighted by Gasteiger charge is -2.22. The van der Waals surface area contributed by atoms with Crippen molar-refractivity contribution in [1.82, 2.24) is 10.2 Å². The summed E-state index contributed by atoms with van der Waals surface area (Å²) < 4.78 is 0. The molecule has 6 heteroatoms. The van der Waals surface area contributed by atoms with Crippen LogP contribution in [0.5, 0.6) is 0 Å². The summed E-state index contributed by atoms with van der Waals surface area (Å²) in [7, 11) is 0. The van der Waals surface area contributed by atoms with Crippen molar-refractivity contribution in [2.45, 2.75) is 31.7 Å². The Bertz CT molecular complexity index is 1240. The van der Waals surface area contributed by atoms with Crippen molar-refractivity contribution in [1.29, 1.82) is 0 Å². The number of nitrogens with one attached hydrogen (secondary N) is 2. The molecule has 31 heavy (non-hydrogen) atoms. The summed E-state index contributed by atoms with van der Waals surface area (Å²) in [4.78, 5) is 39.4. The second-order valence-corrected chi connectivity index (χ2v) is 8.39. The van der Waals surface area contributed by atoms with E-state index in [0.717, 1.165) is 34.9 Å². The molecule has 4 amide bonds. The van der Waals surface area contributed by atoms with Crippen molar-refractivity contribution in [2.75, 3.05) is 11.9 Å². The van der Waals surface area contributed by atoms with Crippen LogP contribution in [0, 0.1) is 0 Å². The molecule has 6 nitrogen and oxygen atoms in total. The second-order valence-electron chi connectivity index (χ2n) is 8.39. The summed E-state index contributed by atoms with van der Waals surface area (Å²) in [6, 6.07) is 18.8. The minimum Gasteiger partial charge on any atom is -0.325 e. The third-order valence-corrected chi connectivity index (χ3v) is 6.29. The lowest BCUT2D eigenvalue weighted by atomic mass is 9.90. The number of aryl methyl sites for hydroxylation is 2. The first-order valence-electron chi connectivity index (χ1n) is 10.5. The lowest BCUT2D eigenvalue weighted by Crippen LogP contribution is -2.42. The zero-order valence-electron chi connectivity index (χ0n) is 17.3. The normalized spacial score (nSPS) is 20.1. The molecule has 0 saturated carbocycles. The summed E-state index contributed by atoms with van der Waals surface area (Å²) in [6.07, 6.45) is 3.21. The molecular formula is C25H23N3O3. The van der Waals surface area contributed by atoms with Gasteiger partial charge in [0.1, 0.15) is 12.1 Å². The second kappa shape index (κ2) is 7.23. The van der Waals surface area contributed by atoms with Gasteiger partial charge in [0.05, 0.1) is 0 Å². The van der Waals surface area contributed by atoms with E-state index in [1.165, 1.54) is 11.1 Å². The molecule has 5 rings (SSSR count). The average molecular weight is 413 g/mol. The van der Waals surface area contributed by atoms with Gasteiger partial charge in [0.25, 0.3) is 5.91 Å². The molecule has 3 aromatic carbocycles. The van der Waals surface area contributed by atoms with E-state index in [2.05, 4.69) is 10.6 Å². The van der Waals surface area contributed by atoms with Crippen molar-refractivity contribution in [3.8, 4) is 0 Å². The fraction of sp³-hybridized carbons (Fsp3) is 0.240. The molecule has 0 bridgehead atoms. The summed E-state index contributed by atoms with van der Waals surface area (Å²) in [5, 5.41) is 7.63. The van der Waals surface area contributed by atoms with Crippen molar-refractivity contribution < 1.29 is 14.4 Å². The van der Waals surface area contributed by atoms with Crippen LogP contribution in [0.2, 0.25) is 0 Å². The fourth-order valence-corrected chi connectivity index (χ4v) is 4.53. The van der Waals surface area contributed by atoms with E-state index in [0.29, 0.717) is 11.3 Å². The standard InChI is InChI=1S/C25H23N3O3/c1-25(20-11-9-16-5-2-3-6-18(16)13-20)23(30)28(24(31)27-25)15-22(29)26-21-12-10-17-7-4-8-19(17)14-21/h2-3,5-6,9-14H,4,7-8,15H2,1H3,(H,26,29)(H,27,31). The number of carbonyl (C=O) groups is 3. The Morgan fingerprint density at radius 2 is 1.77 bits per heavy atom. The highest BCUT2D eigenvalue weighted by atomic mass is 16.2. The third kappa shape index (κ3) is 3.34. The first-order valence-corrected chi connectivity index (χ1v) is 10.5. The maximum atomic E-state index is 13.2. The number of fused-ring (bicyclic) bond motifs is 2. The molecule has 1 aliphatic carbocycles. The van der Waals surface area contributed by atoms with Crippen molar-refractivity contribution in [2.24, 2.45) is 0 Å². The third-order valence-electron chi connectivity index (χ3n) is 6.29. The van der Waals surface area contributed by atoms with E-state index < -0.39 is 23.4 Å². The van der Waals surface area contributed by atoms with Crippen molar-refractivity contribution >= 4 is 34.3 Å². The Hall–Kier alpha value is -3.67. The van der Waals surface area contributed by atoms with Crippen LogP contribution in [-0.2, 0) is 28.0 Å². The summed E-state index contributed by atoms with van der Waals surface area (Å²) in [5.74, 6) is -0.832. The number of imide groups is 1. The fourth-order valence-electron chi connectivity index (χ4n) is 4.53. The maximum absolute atomic E-state index is 13.2. The number of rotatable bonds is 4. The number of anilines is 1. The van der Waals surface area contributed by atoms with Crippen LogP contribution in [0.15, 0.2) is 60.7 Å². The van der Waals surface area contributed by atoms with E-state index in [-0.39, 0.29) is 6.54 Å². The van der Waals surface area contributed by atoms with Crippen LogP contribution in [0.25, 0.3) is 10.8 Å². The lowest BCUT2D eigenvalue weighted by molar-refractivity contribution is -0.133. The molecule has 1 fully saturated rings. The van der Waals surface area contributed by atoms with E-state index in [4.69, 9.17) is 0 Å². The Labute approximate surface area is 180 Å². The molecule has 1 atom stereocenters. The molecular weight excluding hydrogens is 390 g/mol. The van der Waals surface area contributed by atoms with Gasteiger partial charge in [-0.15, -0.1) is 0 Å². The zero-order chi connectivity index (χ0) is 21.6. The van der Waals surface area contributed by atoms with Gasteiger partial charge in [-0.2, -0.15) is 0 Å². The van der Waals surface area contributed by atoms with Gasteiger partial charge in [-0.1, -0.05) is 42.5 Å². The number of nitrogens with zero attached hydrogens (tertiary/aromatic N) is 1. The van der Waals surface area contributed by atoms with E-state index in [9.17, 15) is 14.4 Å². The quantitative estimate of drug-likeness (QED) is 0.640. The zero-order valence-corrected chi connectivity index (χ0v) is 17.3. The number of hydrogen-bond acceptors (Lipinski definition) is 3. The Kier molecular flexibility index (Phi) is 4.50. The Morgan fingerprint density at radius 1 is 1.00 bits per heavy atom. The molecule has 1 unspecified atom stereocenters. The van der Waals surface area contributed by atoms with Gasteiger partial charge in [0, 0.05) is 5.69 Å². The van der Waals surface area contributed by atoms with Crippen LogP contribution in [-0.4, -0.2) is 29.3 Å². The molecule has 0 aromatic heterocycles. The minimum atomic E-state index is -1.21. The Balaban J connectivity index is 1.33. The van der Waals surface area contributed by atoms with Gasteiger partial charge in [-0.3, -0.25) is 14.5 Å². The Morgan fingerprint density at radius 3 is 2.61 bits per heavy atom. The first kappa shape index (κ1) is 19.3. The van der Waals surface area contributed by atoms with Gasteiger partial charge in [-0.25, -0.2) is 4.79 Å². The van der Waals surface area contributed by atoms with E-state index in [1.54, 1.807) is 6.92 Å². The van der Waals surface area contributed by atoms with Gasteiger partial charge in [0.15, 0.2) is 0 Å². The molecule has 1 heterocycles. The number of amides is 4. The average Bonchev–Trinajstić information content (AvgIpc) is 3.32. The SMILES string of the molecule is CC1(c2ccc3ccccc3c2)NC(=O)N(CC(=O)Nc2ccc3c(c2)CCC3)C1=O. The molecule has 2 aliphatic rings. The van der Waals surface area contributed by atoms with Crippen LogP contribution in [0.1, 0.15) is 30.0 Å². The van der Waals surface area contributed by atoms with Crippen LogP contribution in [0.3, 0.4) is 0 Å². The van der Waals surface area contributed by atoms with Gasteiger partial charge in [0.2, 0.25) is 5.91 Å². The van der Waals surface area contributed by atoms with E-state index in [1.807, 2.05) is 60.7 Å². The molecule has 2 N–H and O–H groups in total. The highest BCUT2D eigenvalue weighted by molar-refractivity contribution is 6.10. The van der Waals surface area contributed by atoms with Crippen LogP contribution < -0.4 is 10.6 Å². The predicted molar refractivity (Wildman–Crippen MR) is 119 cm³/mol. The molecule has 0 radical (unpaired) electrons. The van der Waals surface area contributed by atoms with Gasteiger partial charge in [-0.05, 0) is 71.8 Å². The largest absolute Gasteiger partial charge is 0.325 e. The monoisotopic (exact) mass is 413 g/mol.